The van der Waals surface area contributed by atoms with Gasteiger partial charge in [-0.3, -0.25) is 19.2 Å². The van der Waals surface area contributed by atoms with Crippen LogP contribution < -0.4 is 14.2 Å². The highest BCUT2D eigenvalue weighted by Crippen LogP contribution is 2.44. The van der Waals surface area contributed by atoms with E-state index in [0.717, 1.165) is 10.9 Å². The van der Waals surface area contributed by atoms with E-state index < -0.39 is 23.5 Å². The minimum Gasteiger partial charge on any atom is -0.493 e. The van der Waals surface area contributed by atoms with Crippen molar-refractivity contribution in [1.29, 1.82) is 0 Å². The number of para-hydroxylation sites is 1. The molecule has 3 aromatic rings. The van der Waals surface area contributed by atoms with E-state index >= 15 is 0 Å². The van der Waals surface area contributed by atoms with Gasteiger partial charge in [0, 0.05) is 40.4 Å². The maximum atomic E-state index is 13.4. The Bertz CT molecular complexity index is 1660. The summed E-state index contributed by atoms with van der Waals surface area (Å²) in [4.78, 5) is 52.2. The van der Waals surface area contributed by atoms with Gasteiger partial charge in [-0.1, -0.05) is 32.0 Å². The van der Waals surface area contributed by atoms with Crippen LogP contribution in [0.3, 0.4) is 0 Å². The first-order chi connectivity index (χ1) is 22.3. The Kier molecular flexibility index (Phi) is 11.2. The summed E-state index contributed by atoms with van der Waals surface area (Å²) in [6, 6.07) is 11.0. The number of carbonyl (C=O) groups excluding carboxylic acids is 4. The number of aryl methyl sites for hydroxylation is 1. The zero-order chi connectivity index (χ0) is 34.5. The summed E-state index contributed by atoms with van der Waals surface area (Å²) in [5, 5.41) is 0.821. The van der Waals surface area contributed by atoms with Crippen molar-refractivity contribution in [2.24, 2.45) is 11.8 Å². The molecule has 4 rings (SSSR count). The maximum Gasteiger partial charge on any atom is 0.309 e. The number of Topliss-reactive ketones (excluding diaryl/α,β-unsaturated/α-hetero) is 2. The van der Waals surface area contributed by atoms with E-state index in [1.165, 1.54) is 21.3 Å². The molecule has 0 amide bonds. The maximum absolute atomic E-state index is 13.4. The fourth-order valence-electron chi connectivity index (χ4n) is 5.99. The molecule has 1 aromatic heterocycles. The van der Waals surface area contributed by atoms with Gasteiger partial charge in [0.05, 0.1) is 46.7 Å². The molecule has 0 N–H and O–H groups in total. The van der Waals surface area contributed by atoms with Gasteiger partial charge in [0.2, 0.25) is 5.75 Å². The van der Waals surface area contributed by atoms with Crippen molar-refractivity contribution in [3.05, 3.63) is 53.7 Å². The number of esters is 2. The van der Waals surface area contributed by atoms with Gasteiger partial charge < -0.3 is 28.3 Å². The third-order valence-corrected chi connectivity index (χ3v) is 7.85. The Morgan fingerprint density at radius 3 is 2.15 bits per heavy atom. The van der Waals surface area contributed by atoms with Crippen LogP contribution in [0.5, 0.6) is 17.2 Å². The van der Waals surface area contributed by atoms with Crippen LogP contribution in [0.15, 0.2) is 42.6 Å². The summed E-state index contributed by atoms with van der Waals surface area (Å²) >= 11 is 0. The molecular weight excluding hydrogens is 602 g/mol. The molecule has 47 heavy (non-hydrogen) atoms. The van der Waals surface area contributed by atoms with E-state index in [9.17, 15) is 19.2 Å². The first-order valence-electron chi connectivity index (χ1n) is 15.9. The summed E-state index contributed by atoms with van der Waals surface area (Å²) in [6.45, 7) is 10.0. The second-order valence-corrected chi connectivity index (χ2v) is 13.1. The normalized spacial score (nSPS) is 14.1. The summed E-state index contributed by atoms with van der Waals surface area (Å²) in [6.07, 6.45) is 2.62. The van der Waals surface area contributed by atoms with E-state index in [2.05, 4.69) is 0 Å². The van der Waals surface area contributed by atoms with E-state index in [1.807, 2.05) is 48.9 Å². The first-order valence-corrected chi connectivity index (χ1v) is 15.9. The number of nitrogens with zero attached hydrogens (tertiary/aromatic N) is 1. The van der Waals surface area contributed by atoms with E-state index in [4.69, 9.17) is 23.7 Å². The average Bonchev–Trinajstić information content (AvgIpc) is 3.51. The Morgan fingerprint density at radius 1 is 0.915 bits per heavy atom. The molecule has 0 aliphatic heterocycles. The number of ether oxygens (including phenoxy) is 5. The smallest absolute Gasteiger partial charge is 0.309 e. The highest BCUT2D eigenvalue weighted by atomic mass is 16.6. The fourth-order valence-corrected chi connectivity index (χ4v) is 5.99. The second-order valence-electron chi connectivity index (χ2n) is 13.1. The number of benzene rings is 2. The van der Waals surface area contributed by atoms with Crippen molar-refractivity contribution < 1.29 is 42.9 Å². The number of carbonyl (C=O) groups is 4. The molecule has 1 aliphatic carbocycles. The lowest BCUT2D eigenvalue weighted by atomic mass is 9.94. The number of aromatic nitrogens is 1. The molecule has 252 valence electrons. The average molecular weight is 648 g/mol. The van der Waals surface area contributed by atoms with Gasteiger partial charge >= 0.3 is 11.9 Å². The number of hydrogen-bond acceptors (Lipinski definition) is 9. The number of ketones is 2. The molecule has 0 spiro atoms. The quantitative estimate of drug-likeness (QED) is 0.111. The standard InChI is InChI=1S/C37H45NO9/c1-22(2)16-24(19-32(41)47-37(3,4)5)36(42)46-15-11-14-38-21-26(25-12-9-10-13-27(25)38)34-29(40)20-28(39)33(34)23-17-30(43-6)35(45-8)31(18-23)44-7/h9-10,12-13,17-18,21-22,24H,11,14-16,19-20H2,1-8H3. The van der Waals surface area contributed by atoms with Crippen LogP contribution in [-0.2, 0) is 35.2 Å². The number of fused-ring (bicyclic) bond motifs is 1. The summed E-state index contributed by atoms with van der Waals surface area (Å²) in [5.74, 6) is -0.652. The van der Waals surface area contributed by atoms with Crippen LogP contribution in [-0.4, -0.2) is 61.6 Å². The second kappa shape index (κ2) is 14.9. The topological polar surface area (TPSA) is 119 Å². The number of methoxy groups -OCH3 is 3. The van der Waals surface area contributed by atoms with Gasteiger partial charge in [-0.15, -0.1) is 0 Å². The SMILES string of the molecule is COc1cc(C2=C(c3cn(CCCOC(=O)C(CC(=O)OC(C)(C)C)CC(C)C)c4ccccc34)C(=O)CC2=O)cc(OC)c1OC. The van der Waals surface area contributed by atoms with E-state index in [-0.39, 0.29) is 36.9 Å². The number of rotatable bonds is 14. The lowest BCUT2D eigenvalue weighted by Crippen LogP contribution is -2.29. The lowest BCUT2D eigenvalue weighted by Gasteiger charge is -2.22. The number of hydrogen-bond donors (Lipinski definition) is 0. The molecule has 10 heteroatoms. The summed E-state index contributed by atoms with van der Waals surface area (Å²) < 4.78 is 29.6. The van der Waals surface area contributed by atoms with Crippen molar-refractivity contribution in [2.45, 2.75) is 72.4 Å². The molecule has 10 nitrogen and oxygen atoms in total. The Hall–Kier alpha value is -4.60. The van der Waals surface area contributed by atoms with Crippen LogP contribution >= 0.6 is 0 Å². The third kappa shape index (κ3) is 8.22. The van der Waals surface area contributed by atoms with E-state index in [0.29, 0.717) is 58.9 Å². The van der Waals surface area contributed by atoms with Crippen molar-refractivity contribution in [3.8, 4) is 17.2 Å². The molecule has 0 fully saturated rings. The highest BCUT2D eigenvalue weighted by molar-refractivity contribution is 6.51. The van der Waals surface area contributed by atoms with Crippen molar-refractivity contribution >= 4 is 45.6 Å². The molecule has 0 bridgehead atoms. The Morgan fingerprint density at radius 2 is 1.55 bits per heavy atom. The van der Waals surface area contributed by atoms with Crippen molar-refractivity contribution in [1.82, 2.24) is 4.57 Å². The van der Waals surface area contributed by atoms with Gasteiger partial charge in [0.25, 0.3) is 0 Å². The van der Waals surface area contributed by atoms with Crippen LogP contribution in [0.2, 0.25) is 0 Å². The molecule has 2 aromatic carbocycles. The molecule has 0 radical (unpaired) electrons. The minimum absolute atomic E-state index is 0.0317. The van der Waals surface area contributed by atoms with Gasteiger partial charge in [0.15, 0.2) is 23.1 Å². The highest BCUT2D eigenvalue weighted by Gasteiger charge is 2.35. The summed E-state index contributed by atoms with van der Waals surface area (Å²) in [7, 11) is 4.49. The molecule has 1 heterocycles. The van der Waals surface area contributed by atoms with Gasteiger partial charge in [-0.25, -0.2) is 0 Å². The predicted octanol–water partition coefficient (Wildman–Crippen LogP) is 6.45. The third-order valence-electron chi connectivity index (χ3n) is 7.85. The molecule has 1 aliphatic rings. The minimum atomic E-state index is -0.636. The largest absolute Gasteiger partial charge is 0.493 e. The molecular formula is C37H45NO9. The van der Waals surface area contributed by atoms with Gasteiger partial charge in [-0.05, 0) is 63.3 Å². The monoisotopic (exact) mass is 647 g/mol. The zero-order valence-electron chi connectivity index (χ0n) is 28.6. The van der Waals surface area contributed by atoms with Crippen molar-refractivity contribution in [3.63, 3.8) is 0 Å². The van der Waals surface area contributed by atoms with Gasteiger partial charge in [-0.2, -0.15) is 0 Å². The molecule has 0 saturated carbocycles. The Balaban J connectivity index is 1.59. The molecule has 1 unspecified atom stereocenters. The van der Waals surface area contributed by atoms with Crippen LogP contribution in [0.1, 0.15) is 71.4 Å². The van der Waals surface area contributed by atoms with Crippen LogP contribution in [0.25, 0.3) is 22.0 Å². The zero-order valence-corrected chi connectivity index (χ0v) is 28.6. The molecule has 1 atom stereocenters. The predicted molar refractivity (Wildman–Crippen MR) is 178 cm³/mol. The fraction of sp³-hybridized carbons (Fsp3) is 0.459. The first kappa shape index (κ1) is 35.3. The van der Waals surface area contributed by atoms with Gasteiger partial charge in [0.1, 0.15) is 5.60 Å². The van der Waals surface area contributed by atoms with E-state index in [1.54, 1.807) is 32.9 Å². The summed E-state index contributed by atoms with van der Waals surface area (Å²) in [5.41, 5.74) is 2.02. The van der Waals surface area contributed by atoms with Crippen LogP contribution in [0.4, 0.5) is 0 Å². The van der Waals surface area contributed by atoms with Crippen molar-refractivity contribution in [2.75, 3.05) is 27.9 Å². The van der Waals surface area contributed by atoms with Crippen LogP contribution in [0, 0.1) is 11.8 Å². The number of allylic oxidation sites excluding steroid dienone is 2. The Labute approximate surface area is 276 Å². The molecule has 0 saturated heterocycles. The lowest BCUT2D eigenvalue weighted by molar-refractivity contribution is -0.162.